The fourth-order valence-corrected chi connectivity index (χ4v) is 1.61. The van der Waals surface area contributed by atoms with E-state index in [0.717, 1.165) is 6.07 Å². The summed E-state index contributed by atoms with van der Waals surface area (Å²) in [7, 11) is 0. The van der Waals surface area contributed by atoms with Crippen LogP contribution >= 0.6 is 0 Å². The van der Waals surface area contributed by atoms with E-state index in [1.165, 1.54) is 6.20 Å². The first-order valence-corrected chi connectivity index (χ1v) is 6.60. The third-order valence-corrected chi connectivity index (χ3v) is 2.72. The standard InChI is InChI=1S/C14H18N2O5/c1-10(2)13(19)21-9-5-3-4-6-11(17)16-12(18)7-8-15-14(16)20/h7-8H,1,3-6,9H2,2H3,(H,15,20). The predicted octanol–water partition coefficient (Wildman–Crippen LogP) is 0.857. The summed E-state index contributed by atoms with van der Waals surface area (Å²) in [4.78, 5) is 47.9. The molecule has 7 heteroatoms. The summed E-state index contributed by atoms with van der Waals surface area (Å²) in [6.07, 6.45) is 3.04. The van der Waals surface area contributed by atoms with Crippen LogP contribution in [0.15, 0.2) is 34.0 Å². The zero-order chi connectivity index (χ0) is 15.8. The summed E-state index contributed by atoms with van der Waals surface area (Å²) in [5.41, 5.74) is -1.03. The van der Waals surface area contributed by atoms with Crippen LogP contribution in [0.3, 0.4) is 0 Å². The largest absolute Gasteiger partial charge is 0.462 e. The van der Waals surface area contributed by atoms with Gasteiger partial charge in [0.15, 0.2) is 0 Å². The molecule has 1 aromatic rings. The Kier molecular flexibility index (Phi) is 6.32. The molecule has 0 saturated heterocycles. The molecule has 0 fully saturated rings. The van der Waals surface area contributed by atoms with E-state index in [1.54, 1.807) is 6.92 Å². The maximum Gasteiger partial charge on any atom is 0.335 e. The second kappa shape index (κ2) is 7.98. The van der Waals surface area contributed by atoms with Gasteiger partial charge in [-0.1, -0.05) is 6.58 Å². The van der Waals surface area contributed by atoms with Gasteiger partial charge in [-0.2, -0.15) is 4.57 Å². The molecule has 0 bridgehead atoms. The Balaban J connectivity index is 2.32. The van der Waals surface area contributed by atoms with Crippen molar-refractivity contribution in [2.24, 2.45) is 0 Å². The number of esters is 1. The van der Waals surface area contributed by atoms with E-state index in [2.05, 4.69) is 11.6 Å². The molecular formula is C14H18N2O5. The van der Waals surface area contributed by atoms with Crippen molar-refractivity contribution in [1.82, 2.24) is 9.55 Å². The molecule has 0 saturated carbocycles. The van der Waals surface area contributed by atoms with Gasteiger partial charge in [0.05, 0.1) is 6.61 Å². The molecule has 1 aromatic heterocycles. The zero-order valence-corrected chi connectivity index (χ0v) is 11.9. The van der Waals surface area contributed by atoms with E-state index in [0.29, 0.717) is 29.4 Å². The van der Waals surface area contributed by atoms with Crippen LogP contribution in [-0.2, 0) is 9.53 Å². The van der Waals surface area contributed by atoms with E-state index >= 15 is 0 Å². The maximum atomic E-state index is 11.8. The van der Waals surface area contributed by atoms with Gasteiger partial charge in [-0.15, -0.1) is 0 Å². The molecule has 1 N–H and O–H groups in total. The van der Waals surface area contributed by atoms with Crippen LogP contribution in [0.25, 0.3) is 0 Å². The molecule has 0 atom stereocenters. The van der Waals surface area contributed by atoms with Crippen molar-refractivity contribution < 1.29 is 14.3 Å². The molecule has 0 radical (unpaired) electrons. The molecule has 0 amide bonds. The number of unbranched alkanes of at least 4 members (excludes halogenated alkanes) is 2. The Morgan fingerprint density at radius 1 is 1.29 bits per heavy atom. The summed E-state index contributed by atoms with van der Waals surface area (Å²) < 4.78 is 5.48. The van der Waals surface area contributed by atoms with E-state index in [9.17, 15) is 19.2 Å². The quantitative estimate of drug-likeness (QED) is 0.457. The van der Waals surface area contributed by atoms with Crippen molar-refractivity contribution in [2.45, 2.75) is 32.6 Å². The zero-order valence-electron chi connectivity index (χ0n) is 11.9. The van der Waals surface area contributed by atoms with Gasteiger partial charge in [-0.25, -0.2) is 9.59 Å². The van der Waals surface area contributed by atoms with Gasteiger partial charge in [0.2, 0.25) is 5.91 Å². The smallest absolute Gasteiger partial charge is 0.335 e. The summed E-state index contributed by atoms with van der Waals surface area (Å²) in [6.45, 7) is 5.28. The van der Waals surface area contributed by atoms with Crippen LogP contribution in [0, 0.1) is 0 Å². The number of nitrogens with one attached hydrogen (secondary N) is 1. The normalized spacial score (nSPS) is 10.1. The third-order valence-electron chi connectivity index (χ3n) is 2.72. The Morgan fingerprint density at radius 2 is 2.00 bits per heavy atom. The van der Waals surface area contributed by atoms with Crippen LogP contribution in [0.2, 0.25) is 0 Å². The highest BCUT2D eigenvalue weighted by Gasteiger charge is 2.10. The number of ether oxygens (including phenoxy) is 1. The Bertz CT molecular complexity index is 613. The Labute approximate surface area is 121 Å². The molecule has 0 aliphatic heterocycles. The summed E-state index contributed by atoms with van der Waals surface area (Å²) in [5, 5.41) is 0. The first-order valence-electron chi connectivity index (χ1n) is 6.60. The topological polar surface area (TPSA) is 98.2 Å². The number of H-pyrrole nitrogens is 1. The van der Waals surface area contributed by atoms with E-state index in [4.69, 9.17) is 4.74 Å². The number of carbonyl (C=O) groups excluding carboxylic acids is 2. The van der Waals surface area contributed by atoms with Gasteiger partial charge in [-0.3, -0.25) is 9.59 Å². The number of hydrogen-bond acceptors (Lipinski definition) is 5. The molecule has 1 heterocycles. The Hall–Kier alpha value is -2.44. The maximum absolute atomic E-state index is 11.8. The van der Waals surface area contributed by atoms with Crippen molar-refractivity contribution in [3.8, 4) is 0 Å². The summed E-state index contributed by atoms with van der Waals surface area (Å²) >= 11 is 0. The van der Waals surface area contributed by atoms with Gasteiger partial charge in [0, 0.05) is 24.3 Å². The van der Waals surface area contributed by atoms with Crippen LogP contribution in [0.5, 0.6) is 0 Å². The highest BCUT2D eigenvalue weighted by atomic mass is 16.5. The molecular weight excluding hydrogens is 276 g/mol. The van der Waals surface area contributed by atoms with Crippen LogP contribution in [-0.4, -0.2) is 28.0 Å². The molecule has 0 aromatic carbocycles. The number of hydrogen-bond donors (Lipinski definition) is 1. The predicted molar refractivity (Wildman–Crippen MR) is 76.2 cm³/mol. The lowest BCUT2D eigenvalue weighted by Gasteiger charge is -2.04. The van der Waals surface area contributed by atoms with Crippen molar-refractivity contribution in [3.63, 3.8) is 0 Å². The van der Waals surface area contributed by atoms with Gasteiger partial charge in [0.25, 0.3) is 5.56 Å². The number of nitrogens with zero attached hydrogens (tertiary/aromatic N) is 1. The second-order valence-corrected chi connectivity index (χ2v) is 4.58. The molecule has 0 spiro atoms. The first kappa shape index (κ1) is 16.6. The van der Waals surface area contributed by atoms with Crippen molar-refractivity contribution >= 4 is 11.9 Å². The third kappa shape index (κ3) is 5.21. The minimum absolute atomic E-state index is 0.0848. The van der Waals surface area contributed by atoms with E-state index < -0.39 is 23.1 Å². The first-order chi connectivity index (χ1) is 9.93. The number of aromatic nitrogens is 2. The average Bonchev–Trinajstić information content (AvgIpc) is 2.42. The molecule has 0 aliphatic carbocycles. The summed E-state index contributed by atoms with van der Waals surface area (Å²) in [6, 6.07) is 1.12. The molecule has 1 rings (SSSR count). The number of aromatic amines is 1. The average molecular weight is 294 g/mol. The molecule has 7 nitrogen and oxygen atoms in total. The van der Waals surface area contributed by atoms with Crippen LogP contribution < -0.4 is 11.2 Å². The highest BCUT2D eigenvalue weighted by molar-refractivity contribution is 5.86. The van der Waals surface area contributed by atoms with Crippen molar-refractivity contribution in [3.05, 3.63) is 45.3 Å². The SMILES string of the molecule is C=C(C)C(=O)OCCCCCC(=O)n1c(=O)cc[nH]c1=O. The van der Waals surface area contributed by atoms with Crippen molar-refractivity contribution in [2.75, 3.05) is 6.61 Å². The highest BCUT2D eigenvalue weighted by Crippen LogP contribution is 2.02. The van der Waals surface area contributed by atoms with E-state index in [-0.39, 0.29) is 13.0 Å². The lowest BCUT2D eigenvalue weighted by molar-refractivity contribution is -0.139. The van der Waals surface area contributed by atoms with Gasteiger partial charge in [-0.05, 0) is 26.2 Å². The minimum Gasteiger partial charge on any atom is -0.462 e. The van der Waals surface area contributed by atoms with Gasteiger partial charge in [0.1, 0.15) is 0 Å². The van der Waals surface area contributed by atoms with Crippen LogP contribution in [0.4, 0.5) is 0 Å². The fraction of sp³-hybridized carbons (Fsp3) is 0.429. The van der Waals surface area contributed by atoms with E-state index in [1.807, 2.05) is 0 Å². The lowest BCUT2D eigenvalue weighted by atomic mass is 10.2. The summed E-state index contributed by atoms with van der Waals surface area (Å²) in [5.74, 6) is -0.978. The number of rotatable bonds is 7. The second-order valence-electron chi connectivity index (χ2n) is 4.58. The fourth-order valence-electron chi connectivity index (χ4n) is 1.61. The van der Waals surface area contributed by atoms with Crippen molar-refractivity contribution in [1.29, 1.82) is 0 Å². The number of carbonyl (C=O) groups is 2. The van der Waals surface area contributed by atoms with Gasteiger partial charge >= 0.3 is 11.7 Å². The monoisotopic (exact) mass is 294 g/mol. The minimum atomic E-state index is -0.733. The molecule has 21 heavy (non-hydrogen) atoms. The molecule has 0 unspecified atom stereocenters. The molecule has 114 valence electrons. The van der Waals surface area contributed by atoms with Gasteiger partial charge < -0.3 is 9.72 Å². The lowest BCUT2D eigenvalue weighted by Crippen LogP contribution is -2.38. The molecule has 0 aliphatic rings. The Morgan fingerprint density at radius 3 is 2.62 bits per heavy atom. The van der Waals surface area contributed by atoms with Crippen LogP contribution in [0.1, 0.15) is 37.4 Å².